The second-order valence-electron chi connectivity index (χ2n) is 5.28. The molecule has 0 saturated heterocycles. The molecule has 7 heteroatoms. The summed E-state index contributed by atoms with van der Waals surface area (Å²) in [4.78, 5) is 35.4. The molecule has 0 aliphatic heterocycles. The third-order valence-electron chi connectivity index (χ3n) is 3.20. The van der Waals surface area contributed by atoms with Gasteiger partial charge in [0.1, 0.15) is 0 Å². The Labute approximate surface area is 150 Å². The van der Waals surface area contributed by atoms with Crippen LogP contribution in [-0.4, -0.2) is 23.9 Å². The van der Waals surface area contributed by atoms with Gasteiger partial charge in [-0.1, -0.05) is 29.8 Å². The van der Waals surface area contributed by atoms with E-state index in [9.17, 15) is 14.4 Å². The van der Waals surface area contributed by atoms with E-state index in [1.807, 2.05) is 0 Å². The smallest absolute Gasteiger partial charge is 0.338 e. The maximum Gasteiger partial charge on any atom is 0.338 e. The second kappa shape index (κ2) is 8.30. The molecule has 2 N–H and O–H groups in total. The molecule has 6 nitrogen and oxygen atoms in total. The van der Waals surface area contributed by atoms with Gasteiger partial charge in [0, 0.05) is 12.6 Å². The molecule has 1 atom stereocenters. The van der Waals surface area contributed by atoms with Gasteiger partial charge in [-0.2, -0.15) is 0 Å². The molecule has 2 aromatic carbocycles. The summed E-state index contributed by atoms with van der Waals surface area (Å²) in [6.45, 7) is 2.83. The molecule has 0 bridgehead atoms. The number of ether oxygens (including phenoxy) is 1. The van der Waals surface area contributed by atoms with Crippen LogP contribution in [0, 0.1) is 0 Å². The van der Waals surface area contributed by atoms with Gasteiger partial charge < -0.3 is 15.4 Å². The fraction of sp³-hybridized carbons (Fsp3) is 0.167. The average molecular weight is 361 g/mol. The lowest BCUT2D eigenvalue weighted by Crippen LogP contribution is -2.30. The Kier molecular flexibility index (Phi) is 6.14. The van der Waals surface area contributed by atoms with Gasteiger partial charge in [0.2, 0.25) is 5.91 Å². The van der Waals surface area contributed by atoms with Crippen LogP contribution in [0.1, 0.15) is 24.2 Å². The molecule has 0 aromatic heterocycles. The zero-order valence-corrected chi connectivity index (χ0v) is 14.5. The number of carbonyl (C=O) groups is 3. The van der Waals surface area contributed by atoms with Crippen molar-refractivity contribution in [3.63, 3.8) is 0 Å². The summed E-state index contributed by atoms with van der Waals surface area (Å²) in [7, 11) is 0. The highest BCUT2D eigenvalue weighted by Gasteiger charge is 2.20. The number of halogens is 1. The van der Waals surface area contributed by atoms with E-state index in [1.54, 1.807) is 36.4 Å². The zero-order valence-electron chi connectivity index (χ0n) is 13.7. The number of rotatable bonds is 5. The normalized spacial score (nSPS) is 11.3. The molecule has 130 valence electrons. The van der Waals surface area contributed by atoms with Crippen LogP contribution in [-0.2, 0) is 14.3 Å². The number of benzene rings is 2. The van der Waals surface area contributed by atoms with Crippen molar-refractivity contribution in [1.29, 1.82) is 0 Å². The quantitative estimate of drug-likeness (QED) is 0.799. The summed E-state index contributed by atoms with van der Waals surface area (Å²) in [6, 6.07) is 13.0. The third-order valence-corrected chi connectivity index (χ3v) is 3.53. The molecule has 0 fully saturated rings. The van der Waals surface area contributed by atoms with Gasteiger partial charge in [-0.05, 0) is 37.3 Å². The van der Waals surface area contributed by atoms with Gasteiger partial charge in [0.15, 0.2) is 6.10 Å². The Hall–Kier alpha value is -2.86. The number of hydrogen-bond acceptors (Lipinski definition) is 4. The topological polar surface area (TPSA) is 84.5 Å². The van der Waals surface area contributed by atoms with Gasteiger partial charge >= 0.3 is 5.97 Å². The van der Waals surface area contributed by atoms with E-state index in [2.05, 4.69) is 10.6 Å². The summed E-state index contributed by atoms with van der Waals surface area (Å²) in [5.41, 5.74) is 1.13. The maximum absolute atomic E-state index is 12.2. The fourth-order valence-corrected chi connectivity index (χ4v) is 2.19. The minimum Gasteiger partial charge on any atom is -0.449 e. The summed E-state index contributed by atoms with van der Waals surface area (Å²) < 4.78 is 5.16. The Morgan fingerprint density at radius 2 is 1.76 bits per heavy atom. The lowest BCUT2D eigenvalue weighted by atomic mass is 10.2. The molecular formula is C18H17ClN2O4. The van der Waals surface area contributed by atoms with Crippen LogP contribution >= 0.6 is 11.6 Å². The summed E-state index contributed by atoms with van der Waals surface area (Å²) in [5.74, 6) is -1.42. The van der Waals surface area contributed by atoms with Crippen LogP contribution in [0.15, 0.2) is 48.5 Å². The number of carbonyl (C=O) groups excluding carboxylic acids is 3. The first kappa shape index (κ1) is 18.5. The van der Waals surface area contributed by atoms with Crippen molar-refractivity contribution in [1.82, 2.24) is 0 Å². The lowest BCUT2D eigenvalue weighted by Gasteiger charge is -2.14. The highest BCUT2D eigenvalue weighted by Crippen LogP contribution is 2.21. The van der Waals surface area contributed by atoms with E-state index in [4.69, 9.17) is 16.3 Å². The maximum atomic E-state index is 12.2. The number of nitrogens with one attached hydrogen (secondary N) is 2. The molecule has 0 spiro atoms. The molecule has 2 aromatic rings. The summed E-state index contributed by atoms with van der Waals surface area (Å²) >= 11 is 5.98. The zero-order chi connectivity index (χ0) is 18.4. The van der Waals surface area contributed by atoms with Crippen LogP contribution in [0.25, 0.3) is 0 Å². The highest BCUT2D eigenvalue weighted by molar-refractivity contribution is 6.33. The fourth-order valence-electron chi connectivity index (χ4n) is 2.01. The monoisotopic (exact) mass is 360 g/mol. The first-order chi connectivity index (χ1) is 11.9. The van der Waals surface area contributed by atoms with Gasteiger partial charge in [-0.25, -0.2) is 4.79 Å². The predicted molar refractivity (Wildman–Crippen MR) is 95.7 cm³/mol. The van der Waals surface area contributed by atoms with E-state index in [0.29, 0.717) is 16.4 Å². The standard InChI is InChI=1S/C18H17ClN2O4/c1-11(17(23)21-16-9-4-3-8-15(16)19)25-18(24)13-6-5-7-14(10-13)20-12(2)22/h3-11H,1-2H3,(H,20,22)(H,21,23)/t11-/m1/s1. The second-order valence-corrected chi connectivity index (χ2v) is 5.69. The Morgan fingerprint density at radius 3 is 2.44 bits per heavy atom. The summed E-state index contributed by atoms with van der Waals surface area (Å²) in [6.07, 6.45) is -1.02. The molecule has 0 saturated carbocycles. The molecule has 0 heterocycles. The van der Waals surface area contributed by atoms with Gasteiger partial charge in [-0.15, -0.1) is 0 Å². The van der Waals surface area contributed by atoms with Gasteiger partial charge in [0.05, 0.1) is 16.3 Å². The molecule has 0 aliphatic carbocycles. The van der Waals surface area contributed by atoms with Crippen molar-refractivity contribution < 1.29 is 19.1 Å². The highest BCUT2D eigenvalue weighted by atomic mass is 35.5. The Balaban J connectivity index is 2.01. The molecule has 0 radical (unpaired) electrons. The number of hydrogen-bond donors (Lipinski definition) is 2. The van der Waals surface area contributed by atoms with Crippen LogP contribution in [0.2, 0.25) is 5.02 Å². The molecular weight excluding hydrogens is 344 g/mol. The van der Waals surface area contributed by atoms with E-state index >= 15 is 0 Å². The number of esters is 1. The van der Waals surface area contributed by atoms with Gasteiger partial charge in [0.25, 0.3) is 5.91 Å². The van der Waals surface area contributed by atoms with Crippen molar-refractivity contribution in [2.75, 3.05) is 10.6 Å². The van der Waals surface area contributed by atoms with Crippen LogP contribution < -0.4 is 10.6 Å². The number of amides is 2. The minimum absolute atomic E-state index is 0.226. The summed E-state index contributed by atoms with van der Waals surface area (Å²) in [5, 5.41) is 5.56. The first-order valence-electron chi connectivity index (χ1n) is 7.51. The predicted octanol–water partition coefficient (Wildman–Crippen LogP) is 3.48. The van der Waals surface area contributed by atoms with E-state index in [0.717, 1.165) is 0 Å². The molecule has 25 heavy (non-hydrogen) atoms. The van der Waals surface area contributed by atoms with Crippen LogP contribution in [0.5, 0.6) is 0 Å². The molecule has 0 aliphatic rings. The van der Waals surface area contributed by atoms with Crippen molar-refractivity contribution in [3.8, 4) is 0 Å². The van der Waals surface area contributed by atoms with E-state index < -0.39 is 18.0 Å². The molecule has 0 unspecified atom stereocenters. The average Bonchev–Trinajstić information content (AvgIpc) is 2.56. The van der Waals surface area contributed by atoms with Crippen molar-refractivity contribution in [3.05, 3.63) is 59.1 Å². The van der Waals surface area contributed by atoms with Crippen LogP contribution in [0.4, 0.5) is 11.4 Å². The first-order valence-corrected chi connectivity index (χ1v) is 7.88. The molecule has 2 amide bonds. The minimum atomic E-state index is -1.02. The largest absolute Gasteiger partial charge is 0.449 e. The Morgan fingerprint density at radius 1 is 1.04 bits per heavy atom. The van der Waals surface area contributed by atoms with E-state index in [-0.39, 0.29) is 11.5 Å². The SMILES string of the molecule is CC(=O)Nc1cccc(C(=O)O[C@H](C)C(=O)Nc2ccccc2Cl)c1. The lowest BCUT2D eigenvalue weighted by molar-refractivity contribution is -0.123. The van der Waals surface area contributed by atoms with Crippen molar-refractivity contribution in [2.24, 2.45) is 0 Å². The molecule has 2 rings (SSSR count). The number of para-hydroxylation sites is 1. The third kappa shape index (κ3) is 5.32. The van der Waals surface area contributed by atoms with Crippen molar-refractivity contribution >= 4 is 40.8 Å². The Bertz CT molecular complexity index is 807. The van der Waals surface area contributed by atoms with E-state index in [1.165, 1.54) is 26.0 Å². The number of anilines is 2. The van der Waals surface area contributed by atoms with Crippen LogP contribution in [0.3, 0.4) is 0 Å². The van der Waals surface area contributed by atoms with Crippen molar-refractivity contribution in [2.45, 2.75) is 20.0 Å². The van der Waals surface area contributed by atoms with Gasteiger partial charge in [-0.3, -0.25) is 9.59 Å².